The van der Waals surface area contributed by atoms with E-state index in [9.17, 15) is 9.18 Å². The highest BCUT2D eigenvalue weighted by atomic mass is 35.5. The van der Waals surface area contributed by atoms with Crippen LogP contribution in [-0.2, 0) is 0 Å². The Labute approximate surface area is 129 Å². The molecular weight excluding hydrogens is 320 g/mol. The summed E-state index contributed by atoms with van der Waals surface area (Å²) in [5, 5.41) is 11.5. The summed E-state index contributed by atoms with van der Waals surface area (Å²) in [4.78, 5) is 13.8. The maximum Gasteiger partial charge on any atom is 0.274 e. The van der Waals surface area contributed by atoms with E-state index in [0.29, 0.717) is 11.3 Å². The molecule has 110 valence electrons. The summed E-state index contributed by atoms with van der Waals surface area (Å²) in [7, 11) is 0. The van der Waals surface area contributed by atoms with Gasteiger partial charge in [-0.15, -0.1) is 10.2 Å². The monoisotopic (exact) mass is 329 g/mol. The Bertz CT molecular complexity index is 775. The maximum absolute atomic E-state index is 13.4. The Hall–Kier alpha value is -1.99. The molecule has 2 rings (SSSR count). The fourth-order valence-corrected chi connectivity index (χ4v) is 1.96. The molecular formula is C12H10Cl2FN5O. The van der Waals surface area contributed by atoms with Gasteiger partial charge in [-0.2, -0.15) is 5.10 Å². The lowest BCUT2D eigenvalue weighted by Gasteiger charge is -2.06. The molecule has 1 aromatic carbocycles. The molecule has 0 fully saturated rings. The Kier molecular flexibility index (Phi) is 4.54. The highest BCUT2D eigenvalue weighted by Crippen LogP contribution is 2.24. The first-order valence-corrected chi connectivity index (χ1v) is 6.53. The van der Waals surface area contributed by atoms with Crippen LogP contribution in [0, 0.1) is 12.7 Å². The van der Waals surface area contributed by atoms with E-state index in [0.717, 1.165) is 0 Å². The summed E-state index contributed by atoms with van der Waals surface area (Å²) in [6, 6.07) is 2.47. The zero-order valence-corrected chi connectivity index (χ0v) is 12.6. The smallest absolute Gasteiger partial charge is 0.274 e. The molecule has 2 aromatic rings. The molecule has 0 atom stereocenters. The molecule has 9 heteroatoms. The van der Waals surface area contributed by atoms with Crippen LogP contribution < -0.4 is 11.0 Å². The summed E-state index contributed by atoms with van der Waals surface area (Å²) >= 11 is 11.6. The van der Waals surface area contributed by atoms with Crippen molar-refractivity contribution in [1.29, 1.82) is 0 Å². The molecule has 0 spiro atoms. The predicted octanol–water partition coefficient (Wildman–Crippen LogP) is 2.76. The second-order valence-electron chi connectivity index (χ2n) is 4.14. The van der Waals surface area contributed by atoms with Crippen molar-refractivity contribution in [3.63, 3.8) is 0 Å². The van der Waals surface area contributed by atoms with Gasteiger partial charge in [0.2, 0.25) is 5.95 Å². The third-order valence-electron chi connectivity index (χ3n) is 2.59. The van der Waals surface area contributed by atoms with E-state index < -0.39 is 5.82 Å². The lowest BCUT2D eigenvalue weighted by atomic mass is 10.1. The molecule has 21 heavy (non-hydrogen) atoms. The minimum absolute atomic E-state index is 0.0653. The summed E-state index contributed by atoms with van der Waals surface area (Å²) in [6.45, 7) is 3.14. The molecule has 1 heterocycles. The zero-order chi connectivity index (χ0) is 15.6. The van der Waals surface area contributed by atoms with Gasteiger partial charge < -0.3 is 0 Å². The van der Waals surface area contributed by atoms with E-state index in [-0.39, 0.29) is 27.2 Å². The predicted molar refractivity (Wildman–Crippen MR) is 79.6 cm³/mol. The van der Waals surface area contributed by atoms with Crippen LogP contribution >= 0.6 is 23.2 Å². The second-order valence-corrected chi connectivity index (χ2v) is 4.96. The first kappa shape index (κ1) is 15.4. The van der Waals surface area contributed by atoms with Gasteiger partial charge in [-0.25, -0.2) is 9.82 Å². The van der Waals surface area contributed by atoms with Crippen molar-refractivity contribution in [3.05, 3.63) is 49.6 Å². The molecule has 1 aromatic heterocycles. The number of nitrogens with zero attached hydrogens (tertiary/aromatic N) is 3. The molecule has 0 aliphatic carbocycles. The quantitative estimate of drug-likeness (QED) is 0.515. The van der Waals surface area contributed by atoms with Crippen LogP contribution in [0.25, 0.3) is 0 Å². The van der Waals surface area contributed by atoms with E-state index in [1.165, 1.54) is 19.1 Å². The largest absolute Gasteiger partial charge is 0.288 e. The lowest BCUT2D eigenvalue weighted by molar-refractivity contribution is 0.628. The van der Waals surface area contributed by atoms with E-state index in [1.54, 1.807) is 6.92 Å². The van der Waals surface area contributed by atoms with Gasteiger partial charge >= 0.3 is 0 Å². The van der Waals surface area contributed by atoms with Gasteiger partial charge in [0.05, 0.1) is 15.8 Å². The molecule has 0 saturated heterocycles. The van der Waals surface area contributed by atoms with Crippen molar-refractivity contribution in [3.8, 4) is 0 Å². The third kappa shape index (κ3) is 3.56. The van der Waals surface area contributed by atoms with Crippen molar-refractivity contribution in [2.75, 3.05) is 5.43 Å². The average Bonchev–Trinajstić information content (AvgIpc) is 2.44. The van der Waals surface area contributed by atoms with E-state index in [1.807, 2.05) is 0 Å². The van der Waals surface area contributed by atoms with Crippen molar-refractivity contribution in [2.45, 2.75) is 13.8 Å². The van der Waals surface area contributed by atoms with E-state index in [4.69, 9.17) is 23.2 Å². The van der Waals surface area contributed by atoms with E-state index >= 15 is 0 Å². The van der Waals surface area contributed by atoms with Gasteiger partial charge in [-0.1, -0.05) is 23.2 Å². The van der Waals surface area contributed by atoms with Gasteiger partial charge in [0.25, 0.3) is 5.56 Å². The van der Waals surface area contributed by atoms with Gasteiger partial charge in [0, 0.05) is 5.56 Å². The number of rotatable bonds is 3. The van der Waals surface area contributed by atoms with Crippen LogP contribution in [0.1, 0.15) is 18.2 Å². The Morgan fingerprint density at radius 1 is 1.33 bits per heavy atom. The summed E-state index contributed by atoms with van der Waals surface area (Å²) in [5.74, 6) is -0.537. The normalized spacial score (nSPS) is 11.6. The van der Waals surface area contributed by atoms with Crippen LogP contribution in [0.15, 0.2) is 22.0 Å². The maximum atomic E-state index is 13.4. The number of hydrogen-bond acceptors (Lipinski definition) is 5. The van der Waals surface area contributed by atoms with Gasteiger partial charge in [-0.05, 0) is 26.0 Å². The molecule has 0 saturated carbocycles. The zero-order valence-electron chi connectivity index (χ0n) is 11.0. The molecule has 0 radical (unpaired) electrons. The first-order chi connectivity index (χ1) is 9.88. The first-order valence-electron chi connectivity index (χ1n) is 5.77. The number of hydrazone groups is 1. The van der Waals surface area contributed by atoms with Crippen LogP contribution in [-0.4, -0.2) is 20.9 Å². The number of aromatic nitrogens is 3. The minimum Gasteiger partial charge on any atom is -0.288 e. The molecule has 0 bridgehead atoms. The minimum atomic E-state index is -0.603. The topological polar surface area (TPSA) is 83.0 Å². The SMILES string of the molecule is C/C(=N/Nc1nnc(C)c(=O)[nH]1)c1cc(F)c(Cl)cc1Cl. The number of aromatic amines is 1. The Balaban J connectivity index is 2.27. The molecule has 0 amide bonds. The molecule has 0 aliphatic heterocycles. The number of aryl methyl sites for hydroxylation is 1. The number of anilines is 1. The Morgan fingerprint density at radius 2 is 2.05 bits per heavy atom. The molecule has 0 aliphatic rings. The number of halogens is 3. The molecule has 6 nitrogen and oxygen atoms in total. The van der Waals surface area contributed by atoms with Gasteiger partial charge in [0.1, 0.15) is 11.5 Å². The van der Waals surface area contributed by atoms with Crippen LogP contribution in [0.4, 0.5) is 10.3 Å². The summed E-state index contributed by atoms with van der Waals surface area (Å²) in [6.07, 6.45) is 0. The van der Waals surface area contributed by atoms with Gasteiger partial charge in [0.15, 0.2) is 0 Å². The Morgan fingerprint density at radius 3 is 2.71 bits per heavy atom. The van der Waals surface area contributed by atoms with Crippen molar-refractivity contribution in [2.24, 2.45) is 5.10 Å². The fourth-order valence-electron chi connectivity index (χ4n) is 1.44. The van der Waals surface area contributed by atoms with Crippen molar-refractivity contribution in [1.82, 2.24) is 15.2 Å². The third-order valence-corrected chi connectivity index (χ3v) is 3.19. The number of benzene rings is 1. The fraction of sp³-hybridized carbons (Fsp3) is 0.167. The van der Waals surface area contributed by atoms with Crippen LogP contribution in [0.3, 0.4) is 0 Å². The highest BCUT2D eigenvalue weighted by Gasteiger charge is 2.10. The number of hydrogen-bond donors (Lipinski definition) is 2. The van der Waals surface area contributed by atoms with Crippen molar-refractivity contribution >= 4 is 34.9 Å². The van der Waals surface area contributed by atoms with Crippen LogP contribution in [0.5, 0.6) is 0 Å². The van der Waals surface area contributed by atoms with Crippen LogP contribution in [0.2, 0.25) is 10.0 Å². The molecule has 2 N–H and O–H groups in total. The van der Waals surface area contributed by atoms with Crippen molar-refractivity contribution < 1.29 is 4.39 Å². The summed E-state index contributed by atoms with van der Waals surface area (Å²) in [5.41, 5.74) is 3.13. The number of H-pyrrole nitrogens is 1. The summed E-state index contributed by atoms with van der Waals surface area (Å²) < 4.78 is 13.4. The van der Waals surface area contributed by atoms with Gasteiger partial charge in [-0.3, -0.25) is 9.78 Å². The molecule has 0 unspecified atom stereocenters. The lowest BCUT2D eigenvalue weighted by Crippen LogP contribution is -2.16. The average molecular weight is 330 g/mol. The highest BCUT2D eigenvalue weighted by molar-refractivity contribution is 6.37. The second kappa shape index (κ2) is 6.19. The standard InChI is InChI=1S/C12H10Cl2FN5O/c1-5(7-3-10(15)9(14)4-8(7)13)17-19-12-16-11(21)6(2)18-20-12/h3-4H,1-2H3,(H2,16,19,20,21)/b17-5-. The van der Waals surface area contributed by atoms with E-state index in [2.05, 4.69) is 25.7 Å². The number of nitrogens with one attached hydrogen (secondary N) is 2.